The molecule has 2 aliphatic heterocycles. The van der Waals surface area contributed by atoms with Crippen LogP contribution < -0.4 is 14.4 Å². The topological polar surface area (TPSA) is 89.7 Å². The lowest BCUT2D eigenvalue weighted by Gasteiger charge is -2.30. The molecule has 0 aromatic heterocycles. The van der Waals surface area contributed by atoms with Crippen LogP contribution in [-0.2, 0) is 14.3 Å². The van der Waals surface area contributed by atoms with E-state index in [1.54, 1.807) is 30.2 Å². The van der Waals surface area contributed by atoms with Gasteiger partial charge in [0.25, 0.3) is 5.91 Å². The van der Waals surface area contributed by atoms with Crippen LogP contribution in [0.1, 0.15) is 18.5 Å². The summed E-state index contributed by atoms with van der Waals surface area (Å²) in [6.45, 7) is 5.66. The third-order valence-electron chi connectivity index (χ3n) is 5.31. The number of amides is 1. The second kappa shape index (κ2) is 8.62. The maximum Gasteiger partial charge on any atom is 0.290 e. The molecule has 28 heavy (non-hydrogen) atoms. The Bertz CT molecular complexity index is 785. The standard InChI is InChI=1S/C20H26N2O6/c1-13(23)17-18(14-4-5-15(26-2)16(12-14)27-3)22(20(25)19(17)24)7-6-21-8-10-28-11-9-21/h4-5,12,18,24H,6-11H2,1-3H3/p+1. The molecule has 1 amide bonds. The van der Waals surface area contributed by atoms with Gasteiger partial charge in [0.1, 0.15) is 13.1 Å². The Hall–Kier alpha value is -2.58. The van der Waals surface area contributed by atoms with E-state index in [9.17, 15) is 14.7 Å². The maximum atomic E-state index is 12.7. The fourth-order valence-corrected chi connectivity index (χ4v) is 3.80. The molecule has 3 rings (SSSR count). The number of methoxy groups -OCH3 is 2. The number of quaternary nitrogens is 1. The Balaban J connectivity index is 1.92. The zero-order chi connectivity index (χ0) is 20.3. The number of nitrogens with zero attached hydrogens (tertiary/aromatic N) is 1. The Kier molecular flexibility index (Phi) is 6.21. The van der Waals surface area contributed by atoms with Crippen LogP contribution in [0.5, 0.6) is 11.5 Å². The number of hydrogen-bond acceptors (Lipinski definition) is 6. The highest BCUT2D eigenvalue weighted by atomic mass is 16.5. The number of nitrogens with one attached hydrogen (secondary N) is 1. The molecule has 0 radical (unpaired) electrons. The number of rotatable bonds is 7. The molecule has 0 bridgehead atoms. The van der Waals surface area contributed by atoms with Crippen molar-refractivity contribution in [1.82, 2.24) is 4.90 Å². The molecule has 0 saturated carbocycles. The van der Waals surface area contributed by atoms with Crippen molar-refractivity contribution >= 4 is 11.7 Å². The van der Waals surface area contributed by atoms with Gasteiger partial charge < -0.3 is 29.1 Å². The summed E-state index contributed by atoms with van der Waals surface area (Å²) in [5.41, 5.74) is 0.812. The molecule has 1 saturated heterocycles. The van der Waals surface area contributed by atoms with E-state index in [-0.39, 0.29) is 11.4 Å². The molecule has 1 unspecified atom stereocenters. The van der Waals surface area contributed by atoms with E-state index in [4.69, 9.17) is 14.2 Å². The van der Waals surface area contributed by atoms with Crippen molar-refractivity contribution < 1.29 is 33.8 Å². The number of benzene rings is 1. The molecule has 8 nitrogen and oxygen atoms in total. The molecule has 1 fully saturated rings. The van der Waals surface area contributed by atoms with Crippen molar-refractivity contribution in [2.45, 2.75) is 13.0 Å². The third kappa shape index (κ3) is 3.83. The Labute approximate surface area is 164 Å². The molecule has 2 aliphatic rings. The van der Waals surface area contributed by atoms with Crippen LogP contribution in [-0.4, -0.2) is 75.3 Å². The first-order valence-electron chi connectivity index (χ1n) is 9.36. The van der Waals surface area contributed by atoms with Crippen molar-refractivity contribution in [2.24, 2.45) is 0 Å². The molecule has 1 atom stereocenters. The van der Waals surface area contributed by atoms with Gasteiger partial charge in [0.2, 0.25) is 0 Å². The fourth-order valence-electron chi connectivity index (χ4n) is 3.80. The Morgan fingerprint density at radius 3 is 2.54 bits per heavy atom. The fraction of sp³-hybridized carbons (Fsp3) is 0.500. The van der Waals surface area contributed by atoms with E-state index in [1.807, 2.05) is 0 Å². The normalized spacial score (nSPS) is 20.6. The molecule has 1 aromatic carbocycles. The first-order chi connectivity index (χ1) is 13.5. The van der Waals surface area contributed by atoms with Gasteiger partial charge in [-0.1, -0.05) is 6.07 Å². The summed E-state index contributed by atoms with van der Waals surface area (Å²) in [6.07, 6.45) is 0. The Morgan fingerprint density at radius 2 is 1.93 bits per heavy atom. The van der Waals surface area contributed by atoms with Crippen LogP contribution >= 0.6 is 0 Å². The van der Waals surface area contributed by atoms with Crippen LogP contribution in [0.3, 0.4) is 0 Å². The van der Waals surface area contributed by atoms with Gasteiger partial charge in [-0.3, -0.25) is 9.59 Å². The summed E-state index contributed by atoms with van der Waals surface area (Å²) in [5.74, 6) is -0.258. The summed E-state index contributed by atoms with van der Waals surface area (Å²) in [7, 11) is 3.07. The van der Waals surface area contributed by atoms with Crippen LogP contribution in [0.2, 0.25) is 0 Å². The highest BCUT2D eigenvalue weighted by Crippen LogP contribution is 2.40. The van der Waals surface area contributed by atoms with E-state index >= 15 is 0 Å². The largest absolute Gasteiger partial charge is 0.503 e. The average molecular weight is 391 g/mol. The van der Waals surface area contributed by atoms with Gasteiger partial charge in [-0.25, -0.2) is 0 Å². The molecule has 0 spiro atoms. The van der Waals surface area contributed by atoms with Gasteiger partial charge in [-0.2, -0.15) is 0 Å². The van der Waals surface area contributed by atoms with Gasteiger partial charge in [-0.15, -0.1) is 0 Å². The van der Waals surface area contributed by atoms with Crippen LogP contribution in [0, 0.1) is 0 Å². The van der Waals surface area contributed by atoms with Gasteiger partial charge in [0.15, 0.2) is 23.0 Å². The van der Waals surface area contributed by atoms with Gasteiger partial charge in [0, 0.05) is 0 Å². The van der Waals surface area contributed by atoms with E-state index in [0.717, 1.165) is 19.6 Å². The van der Waals surface area contributed by atoms with Crippen molar-refractivity contribution in [3.8, 4) is 11.5 Å². The predicted molar refractivity (Wildman–Crippen MR) is 101 cm³/mol. The van der Waals surface area contributed by atoms with Crippen molar-refractivity contribution in [2.75, 3.05) is 53.6 Å². The summed E-state index contributed by atoms with van der Waals surface area (Å²) < 4.78 is 16.0. The summed E-state index contributed by atoms with van der Waals surface area (Å²) in [4.78, 5) is 27.9. The van der Waals surface area contributed by atoms with E-state index < -0.39 is 17.7 Å². The molecular weight excluding hydrogens is 364 g/mol. The van der Waals surface area contributed by atoms with Crippen molar-refractivity contribution in [3.63, 3.8) is 0 Å². The minimum Gasteiger partial charge on any atom is -0.503 e. The number of ether oxygens (including phenoxy) is 3. The Morgan fingerprint density at radius 1 is 1.25 bits per heavy atom. The van der Waals surface area contributed by atoms with E-state index in [2.05, 4.69) is 0 Å². The molecule has 0 aliphatic carbocycles. The second-order valence-electron chi connectivity index (χ2n) is 6.95. The monoisotopic (exact) mass is 391 g/mol. The zero-order valence-corrected chi connectivity index (χ0v) is 16.5. The number of aliphatic hydroxyl groups excluding tert-OH is 1. The predicted octanol–water partition coefficient (Wildman–Crippen LogP) is -0.0967. The summed E-state index contributed by atoms with van der Waals surface area (Å²) >= 11 is 0. The first kappa shape index (κ1) is 20.2. The molecule has 2 heterocycles. The maximum absolute atomic E-state index is 12.7. The van der Waals surface area contributed by atoms with E-state index in [0.29, 0.717) is 36.8 Å². The number of hydrogen-bond donors (Lipinski definition) is 2. The van der Waals surface area contributed by atoms with Crippen LogP contribution in [0.15, 0.2) is 29.5 Å². The second-order valence-corrected chi connectivity index (χ2v) is 6.95. The highest BCUT2D eigenvalue weighted by Gasteiger charge is 2.43. The van der Waals surface area contributed by atoms with Gasteiger partial charge >= 0.3 is 0 Å². The minimum atomic E-state index is -0.648. The SMILES string of the molecule is COc1ccc(C2C(C(C)=O)=C(O)C(=O)N2CC[NH+]2CCOCC2)cc1OC. The van der Waals surface area contributed by atoms with Crippen molar-refractivity contribution in [3.05, 3.63) is 35.1 Å². The molecule has 152 valence electrons. The van der Waals surface area contributed by atoms with Gasteiger partial charge in [0.05, 0.1) is 52.1 Å². The van der Waals surface area contributed by atoms with Crippen LogP contribution in [0.25, 0.3) is 0 Å². The van der Waals surface area contributed by atoms with Crippen LogP contribution in [0.4, 0.5) is 0 Å². The van der Waals surface area contributed by atoms with Gasteiger partial charge in [-0.05, 0) is 24.6 Å². The molecule has 8 heteroatoms. The number of Topliss-reactive ketones (excluding diaryl/α,β-unsaturated/α-hetero) is 1. The minimum absolute atomic E-state index is 0.120. The third-order valence-corrected chi connectivity index (χ3v) is 5.31. The number of carbonyl (C=O) groups is 2. The number of morpholine rings is 1. The lowest BCUT2D eigenvalue weighted by atomic mass is 9.96. The summed E-state index contributed by atoms with van der Waals surface area (Å²) in [6, 6.07) is 4.62. The smallest absolute Gasteiger partial charge is 0.290 e. The first-order valence-corrected chi connectivity index (χ1v) is 9.36. The number of ketones is 1. The lowest BCUT2D eigenvalue weighted by Crippen LogP contribution is -3.14. The zero-order valence-electron chi connectivity index (χ0n) is 16.5. The average Bonchev–Trinajstić information content (AvgIpc) is 2.97. The lowest BCUT2D eigenvalue weighted by molar-refractivity contribution is -0.907. The molecular formula is C20H27N2O6+. The summed E-state index contributed by atoms with van der Waals surface area (Å²) in [5, 5.41) is 10.4. The quantitative estimate of drug-likeness (QED) is 0.675. The number of aliphatic hydroxyl groups is 1. The van der Waals surface area contributed by atoms with Crippen molar-refractivity contribution in [1.29, 1.82) is 0 Å². The molecule has 2 N–H and O–H groups in total. The highest BCUT2D eigenvalue weighted by molar-refractivity contribution is 6.08. The van der Waals surface area contributed by atoms with E-state index in [1.165, 1.54) is 18.9 Å². The molecule has 1 aromatic rings. The number of carbonyl (C=O) groups excluding carboxylic acids is 2.